The van der Waals surface area contributed by atoms with Crippen molar-refractivity contribution in [3.05, 3.63) is 72.1 Å². The van der Waals surface area contributed by atoms with Gasteiger partial charge in [-0.05, 0) is 74.5 Å². The van der Waals surface area contributed by atoms with Crippen LogP contribution in [0.5, 0.6) is 0 Å². The smallest absolute Gasteiger partial charge is 0.0991 e. The number of benzene rings is 2. The van der Waals surface area contributed by atoms with Gasteiger partial charge in [0, 0.05) is 65.9 Å². The number of rotatable bonds is 6. The van der Waals surface area contributed by atoms with E-state index in [1.54, 1.807) is 0 Å². The summed E-state index contributed by atoms with van der Waals surface area (Å²) >= 11 is 0. The molecule has 2 N–H and O–H groups in total. The van der Waals surface area contributed by atoms with Gasteiger partial charge in [0.15, 0.2) is 0 Å². The van der Waals surface area contributed by atoms with Crippen molar-refractivity contribution in [1.29, 1.82) is 10.7 Å². The van der Waals surface area contributed by atoms with E-state index in [-0.39, 0.29) is 0 Å². The zero-order valence-corrected chi connectivity index (χ0v) is 21.4. The monoisotopic (exact) mass is 488 g/mol. The Morgan fingerprint density at radius 1 is 1.08 bits per heavy atom. The lowest BCUT2D eigenvalue weighted by Gasteiger charge is -2.36. The summed E-state index contributed by atoms with van der Waals surface area (Å²) in [5.41, 5.74) is 7.49. The molecule has 186 valence electrons. The number of fused-ring (bicyclic) bond motifs is 3. The maximum absolute atomic E-state index is 9.33. The van der Waals surface area contributed by atoms with Gasteiger partial charge >= 0.3 is 0 Å². The predicted octanol–water partition coefficient (Wildman–Crippen LogP) is 6.15. The molecule has 0 saturated carbocycles. The van der Waals surface area contributed by atoms with Crippen LogP contribution in [-0.2, 0) is 6.54 Å². The highest BCUT2D eigenvalue weighted by Gasteiger charge is 2.38. The largest absolute Gasteiger partial charge is 0.388 e. The third-order valence-electron chi connectivity index (χ3n) is 8.53. The Labute approximate surface area is 218 Å². The van der Waals surface area contributed by atoms with E-state index < -0.39 is 0 Å². The van der Waals surface area contributed by atoms with Crippen LogP contribution in [0.25, 0.3) is 33.3 Å². The second-order valence-electron chi connectivity index (χ2n) is 10.5. The molecule has 0 amide bonds. The number of hydrogen-bond donors (Lipinski definition) is 2. The molecule has 37 heavy (non-hydrogen) atoms. The van der Waals surface area contributed by atoms with Crippen molar-refractivity contribution >= 4 is 22.8 Å². The number of hydrogen-bond acceptors (Lipinski definition) is 5. The number of anilines is 1. The molecule has 0 aliphatic carbocycles. The molecule has 2 aromatic carbocycles. The normalized spacial score (nSPS) is 21.2. The van der Waals surface area contributed by atoms with E-state index in [2.05, 4.69) is 46.2 Å². The fourth-order valence-electron chi connectivity index (χ4n) is 6.55. The lowest BCUT2D eigenvalue weighted by Crippen LogP contribution is -2.40. The highest BCUT2D eigenvalue weighted by molar-refractivity contribution is 6.02. The molecule has 0 spiro atoms. The van der Waals surface area contributed by atoms with Gasteiger partial charge in [0.1, 0.15) is 0 Å². The van der Waals surface area contributed by atoms with Crippen molar-refractivity contribution in [2.24, 2.45) is 5.92 Å². The quantitative estimate of drug-likeness (QED) is 0.319. The molecule has 6 heteroatoms. The van der Waals surface area contributed by atoms with Gasteiger partial charge in [0.2, 0.25) is 0 Å². The van der Waals surface area contributed by atoms with E-state index in [0.29, 0.717) is 11.5 Å². The Hall–Kier alpha value is -3.95. The van der Waals surface area contributed by atoms with Crippen LogP contribution in [-0.4, -0.2) is 46.8 Å². The minimum Gasteiger partial charge on any atom is -0.388 e. The topological polar surface area (TPSA) is 80.7 Å². The Balaban J connectivity index is 1.45. The molecular formula is C31H32N6. The fourth-order valence-corrected chi connectivity index (χ4v) is 6.55. The third kappa shape index (κ3) is 4.10. The van der Waals surface area contributed by atoms with E-state index >= 15 is 0 Å². The van der Waals surface area contributed by atoms with Crippen LogP contribution in [0.2, 0.25) is 0 Å². The van der Waals surface area contributed by atoms with Gasteiger partial charge in [-0.3, -0.25) is 4.98 Å². The average molecular weight is 489 g/mol. The van der Waals surface area contributed by atoms with E-state index in [0.717, 1.165) is 57.8 Å². The summed E-state index contributed by atoms with van der Waals surface area (Å²) in [7, 11) is 4.17. The summed E-state index contributed by atoms with van der Waals surface area (Å²) in [6, 6.07) is 19.8. The van der Waals surface area contributed by atoms with Crippen LogP contribution in [0, 0.1) is 22.7 Å². The minimum atomic E-state index is 0.643. The molecule has 2 saturated heterocycles. The second-order valence-corrected chi connectivity index (χ2v) is 10.5. The molecule has 2 aliphatic heterocycles. The molecule has 4 aromatic rings. The maximum Gasteiger partial charge on any atom is 0.0991 e. The molecule has 2 aliphatic rings. The average Bonchev–Trinajstić information content (AvgIpc) is 3.42. The maximum atomic E-state index is 9.33. The molecule has 4 heterocycles. The Morgan fingerprint density at radius 2 is 1.81 bits per heavy atom. The van der Waals surface area contributed by atoms with Crippen molar-refractivity contribution < 1.29 is 0 Å². The molecule has 6 nitrogen and oxygen atoms in total. The van der Waals surface area contributed by atoms with Gasteiger partial charge in [-0.2, -0.15) is 5.26 Å². The zero-order chi connectivity index (χ0) is 25.5. The lowest BCUT2D eigenvalue weighted by molar-refractivity contribution is 0.126. The molecule has 0 radical (unpaired) electrons. The summed E-state index contributed by atoms with van der Waals surface area (Å²) in [5, 5.41) is 21.5. The van der Waals surface area contributed by atoms with Crippen LogP contribution in [0.15, 0.2) is 60.9 Å². The standard InChI is InChI=1S/C31H32N6/c1-34-28-10-7-23(15-24(28)17-33)31-30(22-5-3-20(16-32)4-6-22)27-11-12-37(29(27)18-35-31)19-21-13-25-8-9-26(14-21)36(25)2/h3-7,10-12,15,17-18,21,25-26,33-34H,8-9,13-14,19H2,1-2H3. The minimum absolute atomic E-state index is 0.643. The van der Waals surface area contributed by atoms with Gasteiger partial charge in [-0.25, -0.2) is 0 Å². The molecule has 6 rings (SSSR count). The van der Waals surface area contributed by atoms with Gasteiger partial charge in [0.05, 0.1) is 29.0 Å². The Morgan fingerprint density at radius 3 is 2.49 bits per heavy atom. The first kappa shape index (κ1) is 23.4. The van der Waals surface area contributed by atoms with Gasteiger partial charge in [-0.1, -0.05) is 18.2 Å². The first-order valence-corrected chi connectivity index (χ1v) is 13.1. The summed E-state index contributed by atoms with van der Waals surface area (Å²) in [4.78, 5) is 7.62. The molecule has 2 fully saturated rings. The SMILES string of the molecule is CNc1ccc(-c2ncc3c(ccn3CC3CC4CCC(C3)N4C)c2-c2ccc(C#N)cc2)cc1C=N. The highest BCUT2D eigenvalue weighted by atomic mass is 15.2. The lowest BCUT2D eigenvalue weighted by atomic mass is 9.91. The predicted molar refractivity (Wildman–Crippen MR) is 150 cm³/mol. The highest BCUT2D eigenvalue weighted by Crippen LogP contribution is 2.41. The third-order valence-corrected chi connectivity index (χ3v) is 8.53. The van der Waals surface area contributed by atoms with Crippen LogP contribution in [0.1, 0.15) is 36.8 Å². The number of nitriles is 1. The summed E-state index contributed by atoms with van der Waals surface area (Å²) < 4.78 is 2.39. The van der Waals surface area contributed by atoms with Crippen LogP contribution < -0.4 is 5.32 Å². The Bertz CT molecular complexity index is 1500. The number of pyridine rings is 1. The Kier molecular flexibility index (Phi) is 6.02. The molecule has 2 aromatic heterocycles. The molecule has 2 unspecified atom stereocenters. The number of nitrogens with zero attached hydrogens (tertiary/aromatic N) is 4. The molecule has 2 atom stereocenters. The first-order valence-electron chi connectivity index (χ1n) is 13.1. The van der Waals surface area contributed by atoms with Crippen molar-refractivity contribution in [3.63, 3.8) is 0 Å². The number of piperidine rings is 1. The molecular weight excluding hydrogens is 456 g/mol. The van der Waals surface area contributed by atoms with E-state index in [9.17, 15) is 5.26 Å². The summed E-state index contributed by atoms with van der Waals surface area (Å²) in [6.45, 7) is 1.02. The zero-order valence-electron chi connectivity index (χ0n) is 21.4. The van der Waals surface area contributed by atoms with Crippen molar-refractivity contribution in [1.82, 2.24) is 14.5 Å². The van der Waals surface area contributed by atoms with Crippen molar-refractivity contribution in [2.75, 3.05) is 19.4 Å². The van der Waals surface area contributed by atoms with Crippen molar-refractivity contribution in [3.8, 4) is 28.5 Å². The first-order chi connectivity index (χ1) is 18.1. The number of aromatic nitrogens is 2. The van der Waals surface area contributed by atoms with E-state index in [4.69, 9.17) is 10.4 Å². The fraction of sp³-hybridized carbons (Fsp3) is 0.323. The van der Waals surface area contributed by atoms with Crippen LogP contribution in [0.3, 0.4) is 0 Å². The van der Waals surface area contributed by atoms with Crippen LogP contribution in [0.4, 0.5) is 5.69 Å². The van der Waals surface area contributed by atoms with E-state index in [1.165, 1.54) is 37.3 Å². The van der Waals surface area contributed by atoms with Crippen LogP contribution >= 0.6 is 0 Å². The van der Waals surface area contributed by atoms with Gasteiger partial charge in [0.25, 0.3) is 0 Å². The summed E-state index contributed by atoms with van der Waals surface area (Å²) in [6.07, 6.45) is 10.8. The van der Waals surface area contributed by atoms with Gasteiger partial charge < -0.3 is 20.2 Å². The second kappa shape index (κ2) is 9.49. The number of nitrogens with one attached hydrogen (secondary N) is 2. The van der Waals surface area contributed by atoms with Gasteiger partial charge in [-0.15, -0.1) is 0 Å². The van der Waals surface area contributed by atoms with Crippen molar-refractivity contribution in [2.45, 2.75) is 44.3 Å². The molecule has 2 bridgehead atoms. The van der Waals surface area contributed by atoms with E-state index in [1.807, 2.05) is 49.6 Å². The summed E-state index contributed by atoms with van der Waals surface area (Å²) in [5.74, 6) is 0.687.